The Morgan fingerprint density at radius 1 is 1.17 bits per heavy atom. The summed E-state index contributed by atoms with van der Waals surface area (Å²) in [7, 11) is -3.28. The average molecular weight is 411 g/mol. The van der Waals surface area contributed by atoms with Crippen molar-refractivity contribution < 1.29 is 8.42 Å². The zero-order chi connectivity index (χ0) is 20.4. The van der Waals surface area contributed by atoms with Gasteiger partial charge in [-0.1, -0.05) is 24.3 Å². The van der Waals surface area contributed by atoms with Gasteiger partial charge in [0.05, 0.1) is 11.9 Å². The summed E-state index contributed by atoms with van der Waals surface area (Å²) in [5, 5.41) is 6.02. The molecule has 0 radical (unpaired) electrons. The number of hydrogen-bond donors (Lipinski definition) is 2. The first-order chi connectivity index (χ1) is 13.9. The molecule has 0 unspecified atom stereocenters. The Bertz CT molecular complexity index is 1130. The summed E-state index contributed by atoms with van der Waals surface area (Å²) >= 11 is 0. The highest BCUT2D eigenvalue weighted by atomic mass is 32.2. The number of hydrogen-bond acceptors (Lipinski definition) is 5. The van der Waals surface area contributed by atoms with E-state index in [1.807, 2.05) is 37.5 Å². The van der Waals surface area contributed by atoms with E-state index >= 15 is 0 Å². The zero-order valence-corrected chi connectivity index (χ0v) is 17.5. The first-order valence-corrected chi connectivity index (χ1v) is 11.7. The molecule has 2 aromatic carbocycles. The summed E-state index contributed by atoms with van der Waals surface area (Å²) in [5.74, 6) is 0. The van der Waals surface area contributed by atoms with E-state index in [0.717, 1.165) is 48.3 Å². The smallest absolute Gasteiger partial charge is 0.229 e. The number of aromatic nitrogens is 1. The first-order valence-electron chi connectivity index (χ1n) is 9.76. The van der Waals surface area contributed by atoms with Gasteiger partial charge in [0.25, 0.3) is 0 Å². The monoisotopic (exact) mass is 410 g/mol. The van der Waals surface area contributed by atoms with Gasteiger partial charge >= 0.3 is 0 Å². The van der Waals surface area contributed by atoms with Crippen molar-refractivity contribution in [3.05, 3.63) is 66.0 Å². The first kappa shape index (κ1) is 19.7. The molecule has 7 heteroatoms. The quantitative estimate of drug-likeness (QED) is 0.649. The second-order valence-electron chi connectivity index (χ2n) is 7.79. The summed E-state index contributed by atoms with van der Waals surface area (Å²) in [6.07, 6.45) is 5.97. The van der Waals surface area contributed by atoms with Crippen molar-refractivity contribution in [3.8, 4) is 0 Å². The third-order valence-electron chi connectivity index (χ3n) is 5.32. The molecule has 0 spiro atoms. The third kappa shape index (κ3) is 4.86. The molecule has 0 aliphatic carbocycles. The molecule has 152 valence electrons. The minimum atomic E-state index is -3.28. The number of anilines is 2. The number of nitrogens with zero attached hydrogens (tertiary/aromatic N) is 2. The number of fused-ring (bicyclic) bond motifs is 1. The lowest BCUT2D eigenvalue weighted by molar-refractivity contribution is 0.329. The van der Waals surface area contributed by atoms with Crippen molar-refractivity contribution in [2.45, 2.75) is 25.9 Å². The number of benzene rings is 2. The fourth-order valence-corrected chi connectivity index (χ4v) is 4.52. The number of nitrogens with one attached hydrogen (secondary N) is 2. The predicted molar refractivity (Wildman–Crippen MR) is 119 cm³/mol. The van der Waals surface area contributed by atoms with Crippen molar-refractivity contribution in [1.29, 1.82) is 0 Å². The van der Waals surface area contributed by atoms with E-state index in [4.69, 9.17) is 0 Å². The van der Waals surface area contributed by atoms with E-state index in [2.05, 4.69) is 44.2 Å². The van der Waals surface area contributed by atoms with E-state index in [-0.39, 0.29) is 0 Å². The normalized spacial score (nSPS) is 17.5. The molecule has 0 amide bonds. The highest BCUT2D eigenvalue weighted by Crippen LogP contribution is 2.26. The van der Waals surface area contributed by atoms with Crippen molar-refractivity contribution in [1.82, 2.24) is 9.88 Å². The molecule has 2 heterocycles. The Balaban J connectivity index is 1.42. The predicted octanol–water partition coefficient (Wildman–Crippen LogP) is 3.60. The Kier molecular flexibility index (Phi) is 5.43. The fraction of sp³-hybridized carbons (Fsp3) is 0.318. The Morgan fingerprint density at radius 3 is 2.86 bits per heavy atom. The largest absolute Gasteiger partial charge is 0.380 e. The number of rotatable bonds is 6. The second-order valence-corrected chi connectivity index (χ2v) is 9.54. The Hall–Kier alpha value is -2.64. The summed E-state index contributed by atoms with van der Waals surface area (Å²) in [4.78, 5) is 6.60. The van der Waals surface area contributed by atoms with Crippen LogP contribution in [0.25, 0.3) is 10.8 Å². The van der Waals surface area contributed by atoms with Crippen LogP contribution in [-0.4, -0.2) is 43.7 Å². The molecule has 1 fully saturated rings. The summed E-state index contributed by atoms with van der Waals surface area (Å²) in [6.45, 7) is 4.67. The number of pyridine rings is 1. The Morgan fingerprint density at radius 2 is 2.03 bits per heavy atom. The number of likely N-dealkylation sites (tertiary alicyclic amines) is 1. The highest BCUT2D eigenvalue weighted by molar-refractivity contribution is 7.92. The zero-order valence-electron chi connectivity index (χ0n) is 16.7. The van der Waals surface area contributed by atoms with Gasteiger partial charge in [-0.3, -0.25) is 14.6 Å². The van der Waals surface area contributed by atoms with Crippen LogP contribution in [0, 0.1) is 6.92 Å². The van der Waals surface area contributed by atoms with Gasteiger partial charge in [-0.2, -0.15) is 0 Å². The molecular formula is C22H26N4O2S. The summed E-state index contributed by atoms with van der Waals surface area (Å²) < 4.78 is 25.8. The SMILES string of the molecule is Cc1ccc(CN2CC[C@@H](Nc3cccc4cnccc34)C2)cc1NS(C)(=O)=O. The number of aryl methyl sites for hydroxylation is 1. The van der Waals surface area contributed by atoms with Crippen LogP contribution in [-0.2, 0) is 16.6 Å². The molecule has 6 nitrogen and oxygen atoms in total. The van der Waals surface area contributed by atoms with Gasteiger partial charge in [0.1, 0.15) is 0 Å². The maximum atomic E-state index is 11.6. The third-order valence-corrected chi connectivity index (χ3v) is 5.91. The summed E-state index contributed by atoms with van der Waals surface area (Å²) in [6, 6.07) is 14.7. The van der Waals surface area contributed by atoms with Gasteiger partial charge in [-0.15, -0.1) is 0 Å². The second kappa shape index (κ2) is 8.00. The minimum absolute atomic E-state index is 0.382. The van der Waals surface area contributed by atoms with E-state index in [9.17, 15) is 8.42 Å². The molecule has 4 rings (SSSR count). The van der Waals surface area contributed by atoms with E-state index in [1.165, 1.54) is 11.6 Å². The maximum Gasteiger partial charge on any atom is 0.229 e. The van der Waals surface area contributed by atoms with Gasteiger partial charge in [0.2, 0.25) is 10.0 Å². The lowest BCUT2D eigenvalue weighted by Crippen LogP contribution is -2.26. The molecule has 0 bridgehead atoms. The van der Waals surface area contributed by atoms with Crippen LogP contribution in [0.15, 0.2) is 54.9 Å². The van der Waals surface area contributed by atoms with Gasteiger partial charge in [0.15, 0.2) is 0 Å². The Labute approximate surface area is 172 Å². The molecule has 2 N–H and O–H groups in total. The average Bonchev–Trinajstić information content (AvgIpc) is 3.10. The molecule has 1 atom stereocenters. The lowest BCUT2D eigenvalue weighted by Gasteiger charge is -2.19. The fourth-order valence-electron chi connectivity index (χ4n) is 3.90. The molecular weight excluding hydrogens is 384 g/mol. The van der Waals surface area contributed by atoms with Gasteiger partial charge in [0, 0.05) is 54.5 Å². The van der Waals surface area contributed by atoms with E-state index in [1.54, 1.807) is 0 Å². The lowest BCUT2D eigenvalue weighted by atomic mass is 10.1. The van der Waals surface area contributed by atoms with Crippen LogP contribution in [0.4, 0.5) is 11.4 Å². The van der Waals surface area contributed by atoms with Crippen LogP contribution < -0.4 is 10.0 Å². The van der Waals surface area contributed by atoms with Crippen LogP contribution >= 0.6 is 0 Å². The number of sulfonamides is 1. The maximum absolute atomic E-state index is 11.6. The molecule has 1 aromatic heterocycles. The topological polar surface area (TPSA) is 74.3 Å². The van der Waals surface area contributed by atoms with E-state index in [0.29, 0.717) is 11.7 Å². The summed E-state index contributed by atoms with van der Waals surface area (Å²) in [5.41, 5.74) is 3.83. The van der Waals surface area contributed by atoms with Crippen molar-refractivity contribution in [3.63, 3.8) is 0 Å². The van der Waals surface area contributed by atoms with Gasteiger partial charge in [-0.25, -0.2) is 8.42 Å². The van der Waals surface area contributed by atoms with Gasteiger partial charge < -0.3 is 5.32 Å². The molecule has 1 aliphatic heterocycles. The van der Waals surface area contributed by atoms with Crippen LogP contribution in [0.2, 0.25) is 0 Å². The minimum Gasteiger partial charge on any atom is -0.380 e. The molecule has 3 aromatic rings. The van der Waals surface area contributed by atoms with E-state index < -0.39 is 10.0 Å². The molecule has 1 aliphatic rings. The molecule has 1 saturated heterocycles. The molecule has 29 heavy (non-hydrogen) atoms. The van der Waals surface area contributed by atoms with Gasteiger partial charge in [-0.05, 0) is 42.7 Å². The van der Waals surface area contributed by atoms with Crippen LogP contribution in [0.5, 0.6) is 0 Å². The van der Waals surface area contributed by atoms with Crippen molar-refractivity contribution in [2.24, 2.45) is 0 Å². The van der Waals surface area contributed by atoms with Crippen LogP contribution in [0.3, 0.4) is 0 Å². The highest BCUT2D eigenvalue weighted by Gasteiger charge is 2.23. The van der Waals surface area contributed by atoms with Crippen LogP contribution in [0.1, 0.15) is 17.5 Å². The standard InChI is InChI=1S/C22H26N4O2S/c1-16-6-7-17(12-22(16)25-29(2,27)28)14-26-11-9-19(15-26)24-21-5-3-4-18-13-23-10-8-20(18)21/h3-8,10,12-13,19,24-25H,9,11,14-15H2,1-2H3/t19-/m1/s1. The molecule has 0 saturated carbocycles. The van der Waals surface area contributed by atoms with Crippen molar-refractivity contribution >= 4 is 32.2 Å². The van der Waals surface area contributed by atoms with Crippen molar-refractivity contribution in [2.75, 3.05) is 29.4 Å².